The van der Waals surface area contributed by atoms with Crippen LogP contribution >= 0.6 is 34.2 Å². The standard InChI is InChI=1S/C13H16ClIN2O/c14-12-10(15)11(8-4-1-2-5-8)16-13(17-12)9-6-3-7-18-9/h8-9H,1-7H2. The molecule has 2 heterocycles. The van der Waals surface area contributed by atoms with Crippen molar-refractivity contribution in [3.8, 4) is 0 Å². The SMILES string of the molecule is Clc1nc(C2CCCO2)nc(C2CCCC2)c1I. The summed E-state index contributed by atoms with van der Waals surface area (Å²) in [5.41, 5.74) is 1.15. The molecule has 0 aromatic carbocycles. The van der Waals surface area contributed by atoms with Crippen molar-refractivity contribution < 1.29 is 4.74 Å². The maximum Gasteiger partial charge on any atom is 0.159 e. The molecule has 0 spiro atoms. The molecule has 3 rings (SSSR count). The molecule has 0 amide bonds. The van der Waals surface area contributed by atoms with Gasteiger partial charge in [0.15, 0.2) is 5.82 Å². The van der Waals surface area contributed by atoms with E-state index in [1.165, 1.54) is 25.7 Å². The van der Waals surface area contributed by atoms with Crippen LogP contribution in [-0.2, 0) is 4.74 Å². The average Bonchev–Trinajstić information content (AvgIpc) is 3.03. The Labute approximate surface area is 126 Å². The lowest BCUT2D eigenvalue weighted by molar-refractivity contribution is 0.104. The molecule has 1 unspecified atom stereocenters. The molecule has 1 atom stereocenters. The van der Waals surface area contributed by atoms with Crippen LogP contribution in [0.4, 0.5) is 0 Å². The lowest BCUT2D eigenvalue weighted by Crippen LogP contribution is -2.10. The molecule has 1 aliphatic heterocycles. The van der Waals surface area contributed by atoms with Gasteiger partial charge >= 0.3 is 0 Å². The zero-order chi connectivity index (χ0) is 12.5. The van der Waals surface area contributed by atoms with E-state index in [1.807, 2.05) is 0 Å². The molecule has 1 aliphatic carbocycles. The Kier molecular flexibility index (Phi) is 4.06. The number of ether oxygens (including phenoxy) is 1. The number of aromatic nitrogens is 2. The molecule has 2 fully saturated rings. The van der Waals surface area contributed by atoms with E-state index < -0.39 is 0 Å². The fraction of sp³-hybridized carbons (Fsp3) is 0.692. The Morgan fingerprint density at radius 3 is 2.56 bits per heavy atom. The van der Waals surface area contributed by atoms with Gasteiger partial charge in [0, 0.05) is 12.5 Å². The first-order valence-electron chi connectivity index (χ1n) is 6.60. The van der Waals surface area contributed by atoms with Crippen molar-refractivity contribution in [2.24, 2.45) is 0 Å². The lowest BCUT2D eigenvalue weighted by Gasteiger charge is -2.15. The molecule has 98 valence electrons. The van der Waals surface area contributed by atoms with Gasteiger partial charge in [0.05, 0.1) is 9.26 Å². The van der Waals surface area contributed by atoms with Crippen LogP contribution in [0.1, 0.15) is 62.1 Å². The summed E-state index contributed by atoms with van der Waals surface area (Å²) in [7, 11) is 0. The van der Waals surface area contributed by atoms with Gasteiger partial charge < -0.3 is 4.74 Å². The molecule has 5 heteroatoms. The van der Waals surface area contributed by atoms with Crippen LogP contribution in [0.15, 0.2) is 0 Å². The number of hydrogen-bond donors (Lipinski definition) is 0. The third-order valence-corrected chi connectivity index (χ3v) is 5.47. The van der Waals surface area contributed by atoms with Crippen LogP contribution in [0.3, 0.4) is 0 Å². The van der Waals surface area contributed by atoms with E-state index in [1.54, 1.807) is 0 Å². The van der Waals surface area contributed by atoms with Gasteiger partial charge in [0.25, 0.3) is 0 Å². The lowest BCUT2D eigenvalue weighted by atomic mass is 10.0. The Balaban J connectivity index is 1.95. The van der Waals surface area contributed by atoms with Gasteiger partial charge in [-0.2, -0.15) is 0 Å². The summed E-state index contributed by atoms with van der Waals surface area (Å²) in [6, 6.07) is 0. The fourth-order valence-corrected chi connectivity index (χ4v) is 3.71. The predicted molar refractivity (Wildman–Crippen MR) is 78.9 cm³/mol. The molecule has 1 saturated carbocycles. The highest BCUT2D eigenvalue weighted by molar-refractivity contribution is 14.1. The van der Waals surface area contributed by atoms with Crippen molar-refractivity contribution in [1.29, 1.82) is 0 Å². The summed E-state index contributed by atoms with van der Waals surface area (Å²) in [5.74, 6) is 1.36. The van der Waals surface area contributed by atoms with Crippen molar-refractivity contribution in [2.45, 2.75) is 50.5 Å². The summed E-state index contributed by atoms with van der Waals surface area (Å²) < 4.78 is 6.70. The molecular formula is C13H16ClIN2O. The minimum Gasteiger partial charge on any atom is -0.370 e. The van der Waals surface area contributed by atoms with E-state index >= 15 is 0 Å². The molecule has 0 bridgehead atoms. The van der Waals surface area contributed by atoms with Gasteiger partial charge in [-0.05, 0) is 48.3 Å². The normalized spacial score (nSPS) is 24.9. The second-order valence-electron chi connectivity index (χ2n) is 5.05. The molecule has 1 saturated heterocycles. The van der Waals surface area contributed by atoms with Gasteiger partial charge in [0.2, 0.25) is 0 Å². The Morgan fingerprint density at radius 2 is 1.89 bits per heavy atom. The minimum absolute atomic E-state index is 0.0552. The monoisotopic (exact) mass is 378 g/mol. The highest BCUT2D eigenvalue weighted by Gasteiger charge is 2.27. The second-order valence-corrected chi connectivity index (χ2v) is 6.49. The molecule has 1 aromatic heterocycles. The summed E-state index contributed by atoms with van der Waals surface area (Å²) in [6.07, 6.45) is 7.23. The summed E-state index contributed by atoms with van der Waals surface area (Å²) >= 11 is 8.54. The number of halogens is 2. The van der Waals surface area contributed by atoms with Gasteiger partial charge in [-0.25, -0.2) is 9.97 Å². The van der Waals surface area contributed by atoms with Crippen LogP contribution in [0.5, 0.6) is 0 Å². The maximum absolute atomic E-state index is 6.26. The summed E-state index contributed by atoms with van der Waals surface area (Å²) in [4.78, 5) is 9.18. The number of hydrogen-bond acceptors (Lipinski definition) is 3. The number of nitrogens with zero attached hydrogens (tertiary/aromatic N) is 2. The smallest absolute Gasteiger partial charge is 0.159 e. The molecule has 0 N–H and O–H groups in total. The minimum atomic E-state index is 0.0552. The largest absolute Gasteiger partial charge is 0.370 e. The van der Waals surface area contributed by atoms with Crippen LogP contribution in [0.25, 0.3) is 0 Å². The third-order valence-electron chi connectivity index (χ3n) is 3.81. The van der Waals surface area contributed by atoms with Crippen molar-refractivity contribution in [2.75, 3.05) is 6.61 Å². The zero-order valence-corrected chi connectivity index (χ0v) is 13.1. The van der Waals surface area contributed by atoms with Gasteiger partial charge in [-0.15, -0.1) is 0 Å². The first-order valence-corrected chi connectivity index (χ1v) is 8.06. The Bertz CT molecular complexity index is 443. The van der Waals surface area contributed by atoms with Crippen molar-refractivity contribution >= 4 is 34.2 Å². The topological polar surface area (TPSA) is 35.0 Å². The zero-order valence-electron chi connectivity index (χ0n) is 10.2. The Morgan fingerprint density at radius 1 is 1.11 bits per heavy atom. The average molecular weight is 379 g/mol. The van der Waals surface area contributed by atoms with Crippen molar-refractivity contribution in [3.05, 3.63) is 20.2 Å². The third kappa shape index (κ3) is 2.51. The molecule has 2 aliphatic rings. The van der Waals surface area contributed by atoms with Crippen LogP contribution in [-0.4, -0.2) is 16.6 Å². The van der Waals surface area contributed by atoms with Crippen LogP contribution in [0, 0.1) is 3.57 Å². The number of rotatable bonds is 2. The van der Waals surface area contributed by atoms with E-state index in [0.29, 0.717) is 11.1 Å². The van der Waals surface area contributed by atoms with Gasteiger partial charge in [-0.1, -0.05) is 24.4 Å². The van der Waals surface area contributed by atoms with Crippen molar-refractivity contribution in [1.82, 2.24) is 9.97 Å². The van der Waals surface area contributed by atoms with E-state index in [4.69, 9.17) is 21.3 Å². The first-order chi connectivity index (χ1) is 8.75. The van der Waals surface area contributed by atoms with E-state index in [0.717, 1.165) is 34.5 Å². The predicted octanol–water partition coefficient (Wildman–Crippen LogP) is 4.24. The second kappa shape index (κ2) is 5.59. The molecule has 3 nitrogen and oxygen atoms in total. The van der Waals surface area contributed by atoms with Gasteiger partial charge in [0.1, 0.15) is 11.3 Å². The van der Waals surface area contributed by atoms with E-state index in [-0.39, 0.29) is 6.10 Å². The molecule has 18 heavy (non-hydrogen) atoms. The summed E-state index contributed by atoms with van der Waals surface area (Å²) in [6.45, 7) is 0.816. The molecular weight excluding hydrogens is 363 g/mol. The van der Waals surface area contributed by atoms with Crippen molar-refractivity contribution in [3.63, 3.8) is 0 Å². The highest BCUT2D eigenvalue weighted by atomic mass is 127. The molecule has 1 aromatic rings. The van der Waals surface area contributed by atoms with Gasteiger partial charge in [-0.3, -0.25) is 0 Å². The van der Waals surface area contributed by atoms with E-state index in [2.05, 4.69) is 27.6 Å². The molecule has 0 radical (unpaired) electrons. The van der Waals surface area contributed by atoms with Crippen LogP contribution in [0.2, 0.25) is 5.15 Å². The van der Waals surface area contributed by atoms with Crippen LogP contribution < -0.4 is 0 Å². The highest BCUT2D eigenvalue weighted by Crippen LogP contribution is 2.38. The Hall–Kier alpha value is 0.0600. The van der Waals surface area contributed by atoms with E-state index in [9.17, 15) is 0 Å². The summed E-state index contributed by atoms with van der Waals surface area (Å²) in [5, 5.41) is 0.595. The fourth-order valence-electron chi connectivity index (χ4n) is 2.85. The first kappa shape index (κ1) is 13.1. The quantitative estimate of drug-likeness (QED) is 0.570. The maximum atomic E-state index is 6.26.